The van der Waals surface area contributed by atoms with E-state index in [0.29, 0.717) is 6.61 Å². The van der Waals surface area contributed by atoms with Gasteiger partial charge in [0.15, 0.2) is 0 Å². The van der Waals surface area contributed by atoms with Crippen LogP contribution < -0.4 is 0 Å². The highest BCUT2D eigenvalue weighted by molar-refractivity contribution is 4.54. The molecular formula is C12H26O2. The van der Waals surface area contributed by atoms with Crippen molar-refractivity contribution < 1.29 is 9.78 Å². The number of hydrogen-bond acceptors (Lipinski definition) is 2. The third kappa shape index (κ3) is 10.0. The molecule has 0 amide bonds. The van der Waals surface area contributed by atoms with Gasteiger partial charge in [-0.3, -0.25) is 0 Å². The second-order valence-corrected chi connectivity index (χ2v) is 5.03. The molecule has 0 aliphatic rings. The maximum atomic E-state index is 5.16. The maximum Gasteiger partial charge on any atom is 0.0952 e. The van der Waals surface area contributed by atoms with Gasteiger partial charge in [-0.1, -0.05) is 33.1 Å². The van der Waals surface area contributed by atoms with Crippen molar-refractivity contribution in [3.63, 3.8) is 0 Å². The normalized spacial score (nSPS) is 14.4. The summed E-state index contributed by atoms with van der Waals surface area (Å²) in [5.41, 5.74) is -0.184. The zero-order valence-electron chi connectivity index (χ0n) is 10.4. The third-order valence-corrected chi connectivity index (χ3v) is 2.18. The Morgan fingerprint density at radius 1 is 1.14 bits per heavy atom. The average Bonchev–Trinajstić information content (AvgIpc) is 2.08. The first kappa shape index (κ1) is 13.9. The molecule has 86 valence electrons. The topological polar surface area (TPSA) is 18.5 Å². The Labute approximate surface area is 88.9 Å². The summed E-state index contributed by atoms with van der Waals surface area (Å²) in [5, 5.41) is 0. The van der Waals surface area contributed by atoms with Crippen molar-refractivity contribution in [3.8, 4) is 0 Å². The van der Waals surface area contributed by atoms with E-state index in [4.69, 9.17) is 9.78 Å². The van der Waals surface area contributed by atoms with E-state index >= 15 is 0 Å². The van der Waals surface area contributed by atoms with Crippen molar-refractivity contribution in [2.75, 3.05) is 6.61 Å². The molecule has 0 rings (SSSR count). The number of rotatable bonds is 7. The van der Waals surface area contributed by atoms with Crippen LogP contribution in [0.25, 0.3) is 0 Å². The molecule has 0 aliphatic heterocycles. The van der Waals surface area contributed by atoms with Gasteiger partial charge in [-0.05, 0) is 33.1 Å². The second kappa shape index (κ2) is 7.24. The van der Waals surface area contributed by atoms with Crippen LogP contribution in [0, 0.1) is 5.92 Å². The van der Waals surface area contributed by atoms with E-state index in [2.05, 4.69) is 13.8 Å². The van der Waals surface area contributed by atoms with Gasteiger partial charge in [0.2, 0.25) is 0 Å². The lowest BCUT2D eigenvalue weighted by Crippen LogP contribution is -2.19. The quantitative estimate of drug-likeness (QED) is 0.353. The molecule has 2 nitrogen and oxygen atoms in total. The molecular weight excluding hydrogens is 176 g/mol. The van der Waals surface area contributed by atoms with Gasteiger partial charge in [-0.25, -0.2) is 9.78 Å². The van der Waals surface area contributed by atoms with Gasteiger partial charge in [-0.2, -0.15) is 0 Å². The van der Waals surface area contributed by atoms with E-state index in [9.17, 15) is 0 Å². The van der Waals surface area contributed by atoms with Crippen LogP contribution in [0.5, 0.6) is 0 Å². The molecule has 0 N–H and O–H groups in total. The largest absolute Gasteiger partial charge is 0.236 e. The van der Waals surface area contributed by atoms with Crippen LogP contribution in [0.1, 0.15) is 60.3 Å². The van der Waals surface area contributed by atoms with E-state index in [-0.39, 0.29) is 5.60 Å². The highest BCUT2D eigenvalue weighted by atomic mass is 17.2. The molecule has 2 heteroatoms. The van der Waals surface area contributed by atoms with Crippen molar-refractivity contribution in [1.29, 1.82) is 0 Å². The Morgan fingerprint density at radius 3 is 2.29 bits per heavy atom. The molecule has 0 aromatic carbocycles. The van der Waals surface area contributed by atoms with Crippen LogP contribution in [0.15, 0.2) is 0 Å². The number of hydrogen-bond donors (Lipinski definition) is 0. The molecule has 0 aromatic rings. The standard InChI is InChI=1S/C12H26O2/c1-6-11(2)9-7-8-10-13-14-12(3,4)5/h11H,6-10H2,1-5H3. The molecule has 0 fully saturated rings. The van der Waals surface area contributed by atoms with Gasteiger partial charge in [0.25, 0.3) is 0 Å². The van der Waals surface area contributed by atoms with Gasteiger partial charge in [-0.15, -0.1) is 0 Å². The van der Waals surface area contributed by atoms with Crippen LogP contribution >= 0.6 is 0 Å². The fraction of sp³-hybridized carbons (Fsp3) is 1.00. The predicted octanol–water partition coefficient (Wildman–Crippen LogP) is 3.95. The Morgan fingerprint density at radius 2 is 1.79 bits per heavy atom. The summed E-state index contributed by atoms with van der Waals surface area (Å²) in [6.07, 6.45) is 4.91. The van der Waals surface area contributed by atoms with Gasteiger partial charge in [0.1, 0.15) is 0 Å². The first-order chi connectivity index (χ1) is 6.45. The zero-order chi connectivity index (χ0) is 11.0. The predicted molar refractivity (Wildman–Crippen MR) is 60.1 cm³/mol. The van der Waals surface area contributed by atoms with Gasteiger partial charge in [0, 0.05) is 0 Å². The molecule has 1 unspecified atom stereocenters. The first-order valence-corrected chi connectivity index (χ1v) is 5.76. The average molecular weight is 202 g/mol. The Hall–Kier alpha value is -0.0800. The van der Waals surface area contributed by atoms with Crippen LogP contribution in [0.4, 0.5) is 0 Å². The Kier molecular flexibility index (Phi) is 7.20. The molecule has 0 aromatic heterocycles. The van der Waals surface area contributed by atoms with Gasteiger partial charge in [0.05, 0.1) is 12.2 Å². The minimum absolute atomic E-state index is 0.184. The molecule has 14 heavy (non-hydrogen) atoms. The summed E-state index contributed by atoms with van der Waals surface area (Å²) >= 11 is 0. The summed E-state index contributed by atoms with van der Waals surface area (Å²) in [4.78, 5) is 10.3. The lowest BCUT2D eigenvalue weighted by atomic mass is 10.0. The summed E-state index contributed by atoms with van der Waals surface area (Å²) in [7, 11) is 0. The molecule has 0 saturated heterocycles. The van der Waals surface area contributed by atoms with E-state index in [1.807, 2.05) is 20.8 Å². The van der Waals surface area contributed by atoms with Crippen molar-refractivity contribution in [3.05, 3.63) is 0 Å². The van der Waals surface area contributed by atoms with Crippen molar-refractivity contribution in [1.82, 2.24) is 0 Å². The van der Waals surface area contributed by atoms with Crippen molar-refractivity contribution >= 4 is 0 Å². The SMILES string of the molecule is CCC(C)CCCCOOC(C)(C)C. The molecule has 1 atom stereocenters. The van der Waals surface area contributed by atoms with Crippen molar-refractivity contribution in [2.45, 2.75) is 65.9 Å². The van der Waals surface area contributed by atoms with Crippen LogP contribution in [0.2, 0.25) is 0 Å². The van der Waals surface area contributed by atoms with Crippen LogP contribution in [-0.2, 0) is 9.78 Å². The molecule has 0 heterocycles. The fourth-order valence-corrected chi connectivity index (χ4v) is 1.08. The number of unbranched alkanes of at least 4 members (excludes halogenated alkanes) is 1. The highest BCUT2D eigenvalue weighted by Crippen LogP contribution is 2.12. The first-order valence-electron chi connectivity index (χ1n) is 5.76. The molecule has 0 aliphatic carbocycles. The van der Waals surface area contributed by atoms with Gasteiger partial charge < -0.3 is 0 Å². The highest BCUT2D eigenvalue weighted by Gasteiger charge is 2.10. The minimum atomic E-state index is -0.184. The van der Waals surface area contributed by atoms with E-state index in [0.717, 1.165) is 12.3 Å². The summed E-state index contributed by atoms with van der Waals surface area (Å²) in [5.74, 6) is 0.846. The molecule has 0 spiro atoms. The third-order valence-electron chi connectivity index (χ3n) is 2.18. The van der Waals surface area contributed by atoms with Crippen LogP contribution in [0.3, 0.4) is 0 Å². The maximum absolute atomic E-state index is 5.16. The molecule has 0 radical (unpaired) electrons. The lowest BCUT2D eigenvalue weighted by molar-refractivity contribution is -0.348. The molecule has 0 saturated carbocycles. The lowest BCUT2D eigenvalue weighted by Gasteiger charge is -2.17. The monoisotopic (exact) mass is 202 g/mol. The second-order valence-electron chi connectivity index (χ2n) is 5.03. The fourth-order valence-electron chi connectivity index (χ4n) is 1.08. The van der Waals surface area contributed by atoms with E-state index < -0.39 is 0 Å². The minimum Gasteiger partial charge on any atom is -0.236 e. The van der Waals surface area contributed by atoms with Crippen LogP contribution in [-0.4, -0.2) is 12.2 Å². The van der Waals surface area contributed by atoms with E-state index in [1.54, 1.807) is 0 Å². The van der Waals surface area contributed by atoms with Gasteiger partial charge >= 0.3 is 0 Å². The Balaban J connectivity index is 3.14. The summed E-state index contributed by atoms with van der Waals surface area (Å²) < 4.78 is 0. The molecule has 0 bridgehead atoms. The summed E-state index contributed by atoms with van der Waals surface area (Å²) in [6, 6.07) is 0. The van der Waals surface area contributed by atoms with Crippen molar-refractivity contribution in [2.24, 2.45) is 5.92 Å². The summed E-state index contributed by atoms with van der Waals surface area (Å²) in [6.45, 7) is 11.2. The zero-order valence-corrected chi connectivity index (χ0v) is 10.4. The van der Waals surface area contributed by atoms with E-state index in [1.165, 1.54) is 19.3 Å². The smallest absolute Gasteiger partial charge is 0.0952 e. The Bertz CT molecular complexity index is 127.